The van der Waals surface area contributed by atoms with Crippen LogP contribution in [0.1, 0.15) is 44.2 Å². The van der Waals surface area contributed by atoms with Crippen molar-refractivity contribution in [2.75, 3.05) is 26.7 Å². The number of hydrogen-bond acceptors (Lipinski definition) is 6. The number of benzene rings is 2. The SMILES string of the molecule is CN(CCC(NC(=O)OCC1c2ccccc2-c2ccccc21)C(=O)O)CC(=O)OC(C)(C)C. The minimum absolute atomic E-state index is 0.0224. The Morgan fingerprint density at radius 3 is 2.12 bits per heavy atom. The monoisotopic (exact) mass is 468 g/mol. The van der Waals surface area contributed by atoms with Crippen LogP contribution in [0.2, 0.25) is 0 Å². The van der Waals surface area contributed by atoms with E-state index in [1.165, 1.54) is 0 Å². The van der Waals surface area contributed by atoms with Crippen molar-refractivity contribution in [3.05, 3.63) is 59.7 Å². The largest absolute Gasteiger partial charge is 0.480 e. The highest BCUT2D eigenvalue weighted by molar-refractivity contribution is 5.81. The molecule has 2 aromatic carbocycles. The average Bonchev–Trinajstić information content (AvgIpc) is 3.07. The summed E-state index contributed by atoms with van der Waals surface area (Å²) >= 11 is 0. The fourth-order valence-electron chi connectivity index (χ4n) is 4.06. The number of ether oxygens (including phenoxy) is 2. The molecule has 2 N–H and O–H groups in total. The van der Waals surface area contributed by atoms with Crippen LogP contribution in [0.3, 0.4) is 0 Å². The number of hydrogen-bond donors (Lipinski definition) is 2. The average molecular weight is 469 g/mol. The van der Waals surface area contributed by atoms with E-state index in [-0.39, 0.29) is 32.0 Å². The zero-order valence-electron chi connectivity index (χ0n) is 20.0. The zero-order chi connectivity index (χ0) is 24.9. The van der Waals surface area contributed by atoms with Gasteiger partial charge in [-0.05, 0) is 56.5 Å². The van der Waals surface area contributed by atoms with E-state index in [4.69, 9.17) is 9.47 Å². The van der Waals surface area contributed by atoms with Crippen molar-refractivity contribution in [1.29, 1.82) is 0 Å². The second-order valence-corrected chi connectivity index (χ2v) is 9.47. The molecule has 1 aliphatic carbocycles. The second kappa shape index (κ2) is 10.7. The van der Waals surface area contributed by atoms with Crippen LogP contribution in [-0.4, -0.2) is 66.4 Å². The Kier molecular flexibility index (Phi) is 7.94. The maximum Gasteiger partial charge on any atom is 0.407 e. The molecular formula is C26H32N2O6. The second-order valence-electron chi connectivity index (χ2n) is 9.47. The van der Waals surface area contributed by atoms with E-state index in [1.807, 2.05) is 48.5 Å². The van der Waals surface area contributed by atoms with Gasteiger partial charge in [-0.25, -0.2) is 9.59 Å². The number of nitrogens with one attached hydrogen (secondary N) is 1. The number of fused-ring (bicyclic) bond motifs is 3. The summed E-state index contributed by atoms with van der Waals surface area (Å²) in [6.45, 7) is 5.75. The summed E-state index contributed by atoms with van der Waals surface area (Å²) in [5.41, 5.74) is 3.80. The summed E-state index contributed by atoms with van der Waals surface area (Å²) in [6.07, 6.45) is -0.678. The number of likely N-dealkylation sites (N-methyl/N-ethyl adjacent to an activating group) is 1. The molecule has 0 saturated carbocycles. The van der Waals surface area contributed by atoms with Gasteiger partial charge in [0.2, 0.25) is 0 Å². The van der Waals surface area contributed by atoms with Crippen molar-refractivity contribution in [3.8, 4) is 11.1 Å². The molecule has 0 spiro atoms. The Balaban J connectivity index is 1.53. The third kappa shape index (κ3) is 6.57. The summed E-state index contributed by atoms with van der Waals surface area (Å²) in [5, 5.41) is 12.0. The van der Waals surface area contributed by atoms with Crippen LogP contribution in [0.4, 0.5) is 4.79 Å². The van der Waals surface area contributed by atoms with Gasteiger partial charge in [-0.15, -0.1) is 0 Å². The highest BCUT2D eigenvalue weighted by Crippen LogP contribution is 2.44. The Morgan fingerprint density at radius 1 is 1.03 bits per heavy atom. The molecule has 0 aromatic heterocycles. The summed E-state index contributed by atoms with van der Waals surface area (Å²) in [7, 11) is 1.69. The number of carboxylic acid groups (broad SMARTS) is 1. The third-order valence-corrected chi connectivity index (χ3v) is 5.55. The lowest BCUT2D eigenvalue weighted by Gasteiger charge is -2.23. The van der Waals surface area contributed by atoms with E-state index in [9.17, 15) is 19.5 Å². The van der Waals surface area contributed by atoms with Gasteiger partial charge in [-0.3, -0.25) is 9.69 Å². The van der Waals surface area contributed by atoms with Crippen molar-refractivity contribution in [2.45, 2.75) is 44.8 Å². The number of carbonyl (C=O) groups is 3. The molecular weight excluding hydrogens is 436 g/mol. The van der Waals surface area contributed by atoms with Gasteiger partial charge in [0.05, 0.1) is 6.54 Å². The van der Waals surface area contributed by atoms with Gasteiger partial charge in [0.15, 0.2) is 0 Å². The first-order valence-corrected chi connectivity index (χ1v) is 11.3. The normalized spacial score (nSPS) is 13.7. The number of carbonyl (C=O) groups excluding carboxylic acids is 2. The maximum absolute atomic E-state index is 12.4. The predicted octanol–water partition coefficient (Wildman–Crippen LogP) is 3.64. The van der Waals surface area contributed by atoms with E-state index in [2.05, 4.69) is 5.32 Å². The fraction of sp³-hybridized carbons (Fsp3) is 0.423. The molecule has 2 aromatic rings. The van der Waals surface area contributed by atoms with E-state index in [1.54, 1.807) is 32.7 Å². The standard InChI is InChI=1S/C26H32N2O6/c1-26(2,3)34-23(29)15-28(4)14-13-22(24(30)31)27-25(32)33-16-21-19-11-7-5-9-17(19)18-10-6-8-12-20(18)21/h5-12,21-22H,13-16H2,1-4H3,(H,27,32)(H,30,31). The number of carboxylic acids is 1. The number of esters is 1. The first-order valence-electron chi connectivity index (χ1n) is 11.3. The van der Waals surface area contributed by atoms with E-state index in [0.717, 1.165) is 22.3 Å². The molecule has 34 heavy (non-hydrogen) atoms. The first-order chi connectivity index (χ1) is 16.0. The number of amides is 1. The molecule has 8 nitrogen and oxygen atoms in total. The quantitative estimate of drug-likeness (QED) is 0.541. The lowest BCUT2D eigenvalue weighted by atomic mass is 9.98. The number of nitrogens with zero attached hydrogens (tertiary/aromatic N) is 1. The summed E-state index contributed by atoms with van der Waals surface area (Å²) in [4.78, 5) is 37.7. The van der Waals surface area contributed by atoms with Crippen molar-refractivity contribution in [2.24, 2.45) is 0 Å². The molecule has 0 fully saturated rings. The molecule has 1 atom stereocenters. The van der Waals surface area contributed by atoms with Crippen molar-refractivity contribution < 1.29 is 29.0 Å². The van der Waals surface area contributed by atoms with E-state index in [0.29, 0.717) is 0 Å². The minimum Gasteiger partial charge on any atom is -0.480 e. The summed E-state index contributed by atoms with van der Waals surface area (Å²) in [5.74, 6) is -1.67. The number of alkyl carbamates (subject to hydrolysis) is 1. The van der Waals surface area contributed by atoms with E-state index >= 15 is 0 Å². The van der Waals surface area contributed by atoms with Crippen molar-refractivity contribution >= 4 is 18.0 Å². The topological polar surface area (TPSA) is 105 Å². The number of aliphatic carboxylic acids is 1. The number of rotatable bonds is 9. The van der Waals surface area contributed by atoms with Crippen molar-refractivity contribution in [3.63, 3.8) is 0 Å². The molecule has 1 aliphatic rings. The molecule has 0 heterocycles. The van der Waals surface area contributed by atoms with Crippen molar-refractivity contribution in [1.82, 2.24) is 10.2 Å². The van der Waals surface area contributed by atoms with Gasteiger partial charge in [-0.2, -0.15) is 0 Å². The van der Waals surface area contributed by atoms with Crippen LogP contribution in [-0.2, 0) is 19.1 Å². The molecule has 1 unspecified atom stereocenters. The van der Waals surface area contributed by atoms with Gasteiger partial charge in [-0.1, -0.05) is 48.5 Å². The fourth-order valence-corrected chi connectivity index (χ4v) is 4.06. The van der Waals surface area contributed by atoms with Gasteiger partial charge >= 0.3 is 18.0 Å². The predicted molar refractivity (Wildman–Crippen MR) is 128 cm³/mol. The molecule has 1 amide bonds. The Hall–Kier alpha value is -3.39. The lowest BCUT2D eigenvalue weighted by Crippen LogP contribution is -2.44. The smallest absolute Gasteiger partial charge is 0.407 e. The molecule has 182 valence electrons. The van der Waals surface area contributed by atoms with Crippen LogP contribution in [0.15, 0.2) is 48.5 Å². The van der Waals surface area contributed by atoms with Crippen LogP contribution >= 0.6 is 0 Å². The third-order valence-electron chi connectivity index (χ3n) is 5.55. The van der Waals surface area contributed by atoms with Crippen LogP contribution < -0.4 is 5.32 Å². The van der Waals surface area contributed by atoms with E-state index < -0.39 is 29.7 Å². The molecule has 0 aliphatic heterocycles. The summed E-state index contributed by atoms with van der Waals surface area (Å²) < 4.78 is 10.7. The van der Waals surface area contributed by atoms with Gasteiger partial charge in [0, 0.05) is 12.5 Å². The van der Waals surface area contributed by atoms with Crippen LogP contribution in [0, 0.1) is 0 Å². The Morgan fingerprint density at radius 2 is 1.59 bits per heavy atom. The van der Waals surface area contributed by atoms with Crippen LogP contribution in [0.5, 0.6) is 0 Å². The highest BCUT2D eigenvalue weighted by Gasteiger charge is 2.30. The van der Waals surface area contributed by atoms with Gasteiger partial charge in [0.25, 0.3) is 0 Å². The first kappa shape index (κ1) is 25.2. The zero-order valence-corrected chi connectivity index (χ0v) is 20.0. The molecule has 0 radical (unpaired) electrons. The summed E-state index contributed by atoms with van der Waals surface area (Å²) in [6, 6.07) is 14.8. The molecule has 8 heteroatoms. The molecule has 0 saturated heterocycles. The molecule has 0 bridgehead atoms. The van der Waals surface area contributed by atoms with Gasteiger partial charge in [0.1, 0.15) is 18.2 Å². The van der Waals surface area contributed by atoms with Gasteiger partial charge < -0.3 is 19.9 Å². The lowest BCUT2D eigenvalue weighted by molar-refractivity contribution is -0.155. The minimum atomic E-state index is -1.17. The van der Waals surface area contributed by atoms with Crippen LogP contribution in [0.25, 0.3) is 11.1 Å². The Labute approximate surface area is 199 Å². The molecule has 3 rings (SSSR count). The highest BCUT2D eigenvalue weighted by atomic mass is 16.6. The maximum atomic E-state index is 12.4. The Bertz CT molecular complexity index is 1000.